The van der Waals surface area contributed by atoms with Gasteiger partial charge in [-0.15, -0.1) is 0 Å². The van der Waals surface area contributed by atoms with Gasteiger partial charge in [-0.3, -0.25) is 4.79 Å². The average Bonchev–Trinajstić information content (AvgIpc) is 2.52. The summed E-state index contributed by atoms with van der Waals surface area (Å²) in [5.74, 6) is 0.199. The number of allylic oxidation sites excluding steroid dienone is 3. The summed E-state index contributed by atoms with van der Waals surface area (Å²) in [4.78, 5) is 12.5. The molecule has 0 spiro atoms. The van der Waals surface area contributed by atoms with E-state index in [4.69, 9.17) is 0 Å². The first-order chi connectivity index (χ1) is 10.6. The summed E-state index contributed by atoms with van der Waals surface area (Å²) in [7, 11) is -1.15. The van der Waals surface area contributed by atoms with E-state index >= 15 is 0 Å². The van der Waals surface area contributed by atoms with Crippen LogP contribution in [0.1, 0.15) is 51.0 Å². The number of carbonyl (C=O) groups is 1. The van der Waals surface area contributed by atoms with Gasteiger partial charge in [-0.05, 0) is 62.0 Å². The number of hydrogen-bond donors (Lipinski definition) is 0. The predicted molar refractivity (Wildman–Crippen MR) is 92.1 cm³/mol. The first kappa shape index (κ1) is 16.9. The number of ketones is 1. The third-order valence-corrected chi connectivity index (χ3v) is 5.15. The molecule has 0 amide bonds. The molecular formula is C19H24O2S. The fourth-order valence-corrected chi connectivity index (χ4v) is 3.65. The third-order valence-electron chi connectivity index (χ3n) is 3.92. The minimum Gasteiger partial charge on any atom is -0.295 e. The van der Waals surface area contributed by atoms with Gasteiger partial charge in [0.25, 0.3) is 0 Å². The molecule has 1 aliphatic carbocycles. The Kier molecular flexibility index (Phi) is 6.32. The number of hydrogen-bond acceptors (Lipinski definition) is 2. The molecular weight excluding hydrogens is 292 g/mol. The van der Waals surface area contributed by atoms with Crippen LogP contribution in [0.2, 0.25) is 0 Å². The minimum atomic E-state index is -1.15. The van der Waals surface area contributed by atoms with E-state index in [0.29, 0.717) is 6.42 Å². The van der Waals surface area contributed by atoms with Crippen LogP contribution in [0.5, 0.6) is 0 Å². The van der Waals surface area contributed by atoms with Crippen LogP contribution < -0.4 is 0 Å². The second-order valence-corrected chi connectivity index (χ2v) is 7.15. The molecule has 0 aromatic heterocycles. The molecule has 0 heterocycles. The monoisotopic (exact) mass is 316 g/mol. The average molecular weight is 316 g/mol. The van der Waals surface area contributed by atoms with Crippen LogP contribution in [0.15, 0.2) is 51.8 Å². The lowest BCUT2D eigenvalue weighted by molar-refractivity contribution is -0.115. The molecule has 0 saturated carbocycles. The molecule has 1 aromatic carbocycles. The zero-order valence-electron chi connectivity index (χ0n) is 13.4. The number of rotatable bonds is 6. The van der Waals surface area contributed by atoms with Gasteiger partial charge in [0.15, 0.2) is 5.78 Å². The van der Waals surface area contributed by atoms with Crippen molar-refractivity contribution in [1.82, 2.24) is 0 Å². The highest BCUT2D eigenvalue weighted by atomic mass is 32.2. The van der Waals surface area contributed by atoms with Gasteiger partial charge in [0.1, 0.15) is 0 Å². The summed E-state index contributed by atoms with van der Waals surface area (Å²) in [5.41, 5.74) is 3.34. The first-order valence-corrected chi connectivity index (χ1v) is 9.23. The van der Waals surface area contributed by atoms with Gasteiger partial charge < -0.3 is 0 Å². The zero-order valence-corrected chi connectivity index (χ0v) is 14.2. The van der Waals surface area contributed by atoms with Gasteiger partial charge in [0, 0.05) is 16.7 Å². The van der Waals surface area contributed by atoms with Crippen molar-refractivity contribution in [2.24, 2.45) is 0 Å². The van der Waals surface area contributed by atoms with E-state index in [1.54, 1.807) is 6.08 Å². The first-order valence-electron chi connectivity index (χ1n) is 8.02. The van der Waals surface area contributed by atoms with E-state index < -0.39 is 10.8 Å². The fraction of sp³-hybridized carbons (Fsp3) is 0.421. The second kappa shape index (κ2) is 8.23. The lowest BCUT2D eigenvalue weighted by atomic mass is 9.91. The summed E-state index contributed by atoms with van der Waals surface area (Å²) in [6, 6.07) is 7.80. The predicted octanol–water partition coefficient (Wildman–Crippen LogP) is 4.86. The molecule has 2 rings (SSSR count). The van der Waals surface area contributed by atoms with E-state index in [2.05, 4.69) is 6.92 Å². The van der Waals surface area contributed by atoms with Crippen molar-refractivity contribution in [1.29, 1.82) is 0 Å². The van der Waals surface area contributed by atoms with Crippen LogP contribution in [0, 0.1) is 6.92 Å². The van der Waals surface area contributed by atoms with E-state index in [-0.39, 0.29) is 5.78 Å². The van der Waals surface area contributed by atoms with Gasteiger partial charge >= 0.3 is 0 Å². The number of benzene rings is 1. The Hall–Kier alpha value is -1.48. The highest BCUT2D eigenvalue weighted by molar-refractivity contribution is 7.88. The Labute approximate surface area is 135 Å². The smallest absolute Gasteiger partial charge is 0.155 e. The molecule has 1 aliphatic rings. The standard InChI is InChI=1S/C19H24O2S/c1-3-4-6-17(16-7-5-8-18(20)13-16)14-22(21)19-11-9-15(2)10-12-19/h9-14H,3-8H2,1-2H3/b17-14+. The zero-order chi connectivity index (χ0) is 15.9. The van der Waals surface area contributed by atoms with Crippen molar-refractivity contribution >= 4 is 16.6 Å². The van der Waals surface area contributed by atoms with Crippen LogP contribution in [-0.2, 0) is 15.6 Å². The fourth-order valence-electron chi connectivity index (χ4n) is 2.58. The van der Waals surface area contributed by atoms with Crippen LogP contribution in [0.25, 0.3) is 0 Å². The summed E-state index contributed by atoms with van der Waals surface area (Å²) in [6.45, 7) is 4.17. The van der Waals surface area contributed by atoms with Crippen molar-refractivity contribution in [2.75, 3.05) is 0 Å². The highest BCUT2D eigenvalue weighted by Crippen LogP contribution is 2.27. The molecule has 1 aromatic rings. The van der Waals surface area contributed by atoms with Crippen LogP contribution >= 0.6 is 0 Å². The second-order valence-electron chi connectivity index (χ2n) is 5.85. The summed E-state index contributed by atoms with van der Waals surface area (Å²) < 4.78 is 12.6. The largest absolute Gasteiger partial charge is 0.295 e. The Morgan fingerprint density at radius 3 is 2.59 bits per heavy atom. The van der Waals surface area contributed by atoms with Crippen molar-refractivity contribution in [3.05, 3.63) is 52.5 Å². The molecule has 3 heteroatoms. The summed E-state index contributed by atoms with van der Waals surface area (Å²) >= 11 is 0. The third kappa shape index (κ3) is 4.77. The summed E-state index contributed by atoms with van der Waals surface area (Å²) in [5, 5.41) is 1.85. The van der Waals surface area contributed by atoms with Gasteiger partial charge in [-0.2, -0.15) is 0 Å². The quantitative estimate of drug-likeness (QED) is 0.751. The number of aryl methyl sites for hydroxylation is 1. The van der Waals surface area contributed by atoms with Crippen molar-refractivity contribution in [2.45, 2.75) is 57.3 Å². The Bertz CT molecular complexity index is 609. The lowest BCUT2D eigenvalue weighted by Gasteiger charge is -2.15. The molecule has 0 bridgehead atoms. The lowest BCUT2D eigenvalue weighted by Crippen LogP contribution is -2.05. The molecule has 0 saturated heterocycles. The Morgan fingerprint density at radius 1 is 1.23 bits per heavy atom. The molecule has 0 aliphatic heterocycles. The van der Waals surface area contributed by atoms with Gasteiger partial charge in [-0.1, -0.05) is 31.0 Å². The van der Waals surface area contributed by atoms with Crippen molar-refractivity contribution < 1.29 is 9.00 Å². The van der Waals surface area contributed by atoms with E-state index in [1.165, 1.54) is 0 Å². The molecule has 118 valence electrons. The topological polar surface area (TPSA) is 34.1 Å². The maximum atomic E-state index is 12.6. The van der Waals surface area contributed by atoms with Crippen LogP contribution in [0.4, 0.5) is 0 Å². The normalized spacial score (nSPS) is 17.3. The summed E-state index contributed by atoms with van der Waals surface area (Å²) in [6.07, 6.45) is 7.28. The molecule has 22 heavy (non-hydrogen) atoms. The molecule has 2 nitrogen and oxygen atoms in total. The number of unbranched alkanes of at least 4 members (excludes halogenated alkanes) is 1. The SMILES string of the molecule is CCCC/C(=C\S(=O)c1ccc(C)cc1)C1=CC(=O)CCC1. The van der Waals surface area contributed by atoms with E-state index in [9.17, 15) is 9.00 Å². The Morgan fingerprint density at radius 2 is 1.95 bits per heavy atom. The maximum absolute atomic E-state index is 12.6. The minimum absolute atomic E-state index is 0.199. The molecule has 0 radical (unpaired) electrons. The molecule has 0 N–H and O–H groups in total. The van der Waals surface area contributed by atoms with Crippen LogP contribution in [-0.4, -0.2) is 9.99 Å². The van der Waals surface area contributed by atoms with E-state index in [1.807, 2.05) is 36.6 Å². The molecule has 1 atom stereocenters. The Balaban J connectivity index is 2.25. The van der Waals surface area contributed by atoms with E-state index in [0.717, 1.165) is 53.7 Å². The van der Waals surface area contributed by atoms with Gasteiger partial charge in [0.2, 0.25) is 0 Å². The molecule has 1 unspecified atom stereocenters. The number of carbonyl (C=O) groups excluding carboxylic acids is 1. The molecule has 0 fully saturated rings. The van der Waals surface area contributed by atoms with Crippen molar-refractivity contribution in [3.63, 3.8) is 0 Å². The van der Waals surface area contributed by atoms with Gasteiger partial charge in [-0.25, -0.2) is 4.21 Å². The highest BCUT2D eigenvalue weighted by Gasteiger charge is 2.14. The van der Waals surface area contributed by atoms with Crippen LogP contribution in [0.3, 0.4) is 0 Å². The maximum Gasteiger partial charge on any atom is 0.155 e. The van der Waals surface area contributed by atoms with Gasteiger partial charge in [0.05, 0.1) is 10.8 Å². The van der Waals surface area contributed by atoms with Crippen molar-refractivity contribution in [3.8, 4) is 0 Å².